The van der Waals surface area contributed by atoms with Crippen LogP contribution in [0, 0.1) is 6.92 Å². The van der Waals surface area contributed by atoms with E-state index in [0.29, 0.717) is 17.3 Å². The molecule has 1 N–H and O–H groups in total. The minimum atomic E-state index is -1.02. The summed E-state index contributed by atoms with van der Waals surface area (Å²) in [5.74, 6) is -0.0765. The van der Waals surface area contributed by atoms with Crippen molar-refractivity contribution in [1.29, 1.82) is 0 Å². The maximum atomic E-state index is 10.7. The van der Waals surface area contributed by atoms with Gasteiger partial charge in [-0.15, -0.1) is 11.3 Å². The number of pyridine rings is 1. The first-order valence-electron chi connectivity index (χ1n) is 6.11. The van der Waals surface area contributed by atoms with E-state index >= 15 is 0 Å². The Bertz CT molecular complexity index is 835. The van der Waals surface area contributed by atoms with Crippen LogP contribution < -0.4 is 4.74 Å². The van der Waals surface area contributed by atoms with E-state index in [-0.39, 0.29) is 0 Å². The molecule has 106 valence electrons. The van der Waals surface area contributed by atoms with Gasteiger partial charge in [0, 0.05) is 23.8 Å². The van der Waals surface area contributed by atoms with Crippen molar-refractivity contribution in [3.8, 4) is 11.6 Å². The first kappa shape index (κ1) is 13.3. The fourth-order valence-electron chi connectivity index (χ4n) is 1.84. The molecule has 0 saturated carbocycles. The van der Waals surface area contributed by atoms with E-state index in [1.54, 1.807) is 22.7 Å². The predicted octanol–water partition coefficient (Wildman–Crippen LogP) is 2.99. The molecule has 21 heavy (non-hydrogen) atoms. The van der Waals surface area contributed by atoms with Gasteiger partial charge in [0.2, 0.25) is 5.88 Å². The zero-order chi connectivity index (χ0) is 14.8. The second-order valence-electron chi connectivity index (χ2n) is 4.22. The highest BCUT2D eigenvalue weighted by Crippen LogP contribution is 2.29. The second kappa shape index (κ2) is 5.37. The molecule has 0 amide bonds. The predicted molar refractivity (Wildman–Crippen MR) is 78.8 cm³/mol. The molecule has 3 aromatic rings. The average Bonchev–Trinajstić information content (AvgIpc) is 3.00. The van der Waals surface area contributed by atoms with Gasteiger partial charge in [-0.2, -0.15) is 4.98 Å². The third kappa shape index (κ3) is 2.63. The SMILES string of the molecule is Cc1ncccc1Oc1nc2sccn2c1/C=C/C(=O)O. The average molecular weight is 301 g/mol. The van der Waals surface area contributed by atoms with Crippen molar-refractivity contribution < 1.29 is 14.6 Å². The first-order valence-corrected chi connectivity index (χ1v) is 6.99. The molecule has 0 aliphatic heterocycles. The number of rotatable bonds is 4. The number of hydrogen-bond donors (Lipinski definition) is 1. The normalized spacial score (nSPS) is 11.3. The lowest BCUT2D eigenvalue weighted by atomic mass is 10.3. The van der Waals surface area contributed by atoms with Crippen LogP contribution in [0.1, 0.15) is 11.4 Å². The Hall–Kier alpha value is -2.67. The molecule has 0 aromatic carbocycles. The minimum Gasteiger partial charge on any atom is -0.478 e. The Kier molecular flexibility index (Phi) is 3.41. The van der Waals surface area contributed by atoms with Gasteiger partial charge in [0.25, 0.3) is 0 Å². The van der Waals surface area contributed by atoms with Gasteiger partial charge in [0.05, 0.1) is 5.69 Å². The molecule has 0 atom stereocenters. The quantitative estimate of drug-likeness (QED) is 0.750. The van der Waals surface area contributed by atoms with E-state index in [4.69, 9.17) is 9.84 Å². The fourth-order valence-corrected chi connectivity index (χ4v) is 2.55. The third-order valence-electron chi connectivity index (χ3n) is 2.81. The standard InChI is InChI=1S/C14H11N3O3S/c1-9-11(3-2-6-15-9)20-13-10(4-5-12(18)19)17-7-8-21-14(17)16-13/h2-8H,1H3,(H,18,19)/b5-4+. The molecule has 6 nitrogen and oxygen atoms in total. The number of aliphatic carboxylic acids is 1. The Balaban J connectivity index is 2.05. The van der Waals surface area contributed by atoms with Crippen molar-refractivity contribution >= 4 is 28.3 Å². The molecule has 7 heteroatoms. The summed E-state index contributed by atoms with van der Waals surface area (Å²) in [5, 5.41) is 10.7. The summed E-state index contributed by atoms with van der Waals surface area (Å²) in [4.78, 5) is 20.0. The van der Waals surface area contributed by atoms with Gasteiger partial charge in [-0.25, -0.2) is 4.79 Å². The van der Waals surface area contributed by atoms with Gasteiger partial charge >= 0.3 is 5.97 Å². The topological polar surface area (TPSA) is 76.7 Å². The van der Waals surface area contributed by atoms with Crippen molar-refractivity contribution in [1.82, 2.24) is 14.4 Å². The van der Waals surface area contributed by atoms with Crippen LogP contribution in [0.25, 0.3) is 11.0 Å². The number of carboxylic acid groups (broad SMARTS) is 1. The second-order valence-corrected chi connectivity index (χ2v) is 5.09. The molecule has 0 spiro atoms. The zero-order valence-electron chi connectivity index (χ0n) is 11.1. The van der Waals surface area contributed by atoms with Crippen molar-refractivity contribution in [3.05, 3.63) is 47.4 Å². The van der Waals surface area contributed by atoms with E-state index in [9.17, 15) is 4.79 Å². The third-order valence-corrected chi connectivity index (χ3v) is 3.57. The number of carbonyl (C=O) groups is 1. The maximum Gasteiger partial charge on any atom is 0.328 e. The van der Waals surface area contributed by atoms with Gasteiger partial charge in [-0.05, 0) is 25.1 Å². The lowest BCUT2D eigenvalue weighted by Crippen LogP contribution is -1.93. The number of aryl methyl sites for hydroxylation is 1. The molecule has 3 heterocycles. The first-order chi connectivity index (χ1) is 10.1. The highest BCUT2D eigenvalue weighted by Gasteiger charge is 2.14. The molecular formula is C14H11N3O3S. The van der Waals surface area contributed by atoms with Crippen LogP contribution in [-0.4, -0.2) is 25.4 Å². The molecule has 0 aliphatic carbocycles. The molecule has 3 aromatic heterocycles. The van der Waals surface area contributed by atoms with Crippen LogP contribution in [0.2, 0.25) is 0 Å². The van der Waals surface area contributed by atoms with E-state index in [1.165, 1.54) is 17.4 Å². The molecule has 0 aliphatic rings. The summed E-state index contributed by atoms with van der Waals surface area (Å²) in [6.45, 7) is 1.83. The molecule has 0 bridgehead atoms. The van der Waals surface area contributed by atoms with Crippen molar-refractivity contribution in [3.63, 3.8) is 0 Å². The summed E-state index contributed by atoms with van der Waals surface area (Å²) in [7, 11) is 0. The molecule has 0 fully saturated rings. The van der Waals surface area contributed by atoms with Crippen LogP contribution in [-0.2, 0) is 4.79 Å². The van der Waals surface area contributed by atoms with Gasteiger partial charge < -0.3 is 9.84 Å². The van der Waals surface area contributed by atoms with Crippen LogP contribution in [0.5, 0.6) is 11.6 Å². The van der Waals surface area contributed by atoms with Crippen molar-refractivity contribution in [2.24, 2.45) is 0 Å². The largest absolute Gasteiger partial charge is 0.478 e. The summed E-state index contributed by atoms with van der Waals surface area (Å²) >= 11 is 1.45. The molecule has 0 saturated heterocycles. The Morgan fingerprint density at radius 1 is 1.52 bits per heavy atom. The van der Waals surface area contributed by atoms with E-state index in [2.05, 4.69) is 9.97 Å². The molecule has 0 unspecified atom stereocenters. The van der Waals surface area contributed by atoms with Crippen molar-refractivity contribution in [2.45, 2.75) is 6.92 Å². The van der Waals surface area contributed by atoms with Crippen LogP contribution in [0.15, 0.2) is 36.0 Å². The Labute approximate surface area is 124 Å². The number of nitrogens with zero attached hydrogens (tertiary/aromatic N) is 3. The number of aromatic nitrogens is 3. The highest BCUT2D eigenvalue weighted by molar-refractivity contribution is 7.15. The minimum absolute atomic E-state index is 0.357. The van der Waals surface area contributed by atoms with Crippen LogP contribution in [0.3, 0.4) is 0 Å². The van der Waals surface area contributed by atoms with Crippen LogP contribution in [0.4, 0.5) is 0 Å². The van der Waals surface area contributed by atoms with Gasteiger partial charge in [-0.3, -0.25) is 9.38 Å². The fraction of sp³-hybridized carbons (Fsp3) is 0.0714. The molecule has 0 radical (unpaired) electrons. The number of ether oxygens (including phenoxy) is 1. The van der Waals surface area contributed by atoms with Gasteiger partial charge in [0.15, 0.2) is 10.7 Å². The van der Waals surface area contributed by atoms with E-state index in [0.717, 1.165) is 16.7 Å². The number of imidazole rings is 1. The van der Waals surface area contributed by atoms with E-state index < -0.39 is 5.97 Å². The smallest absolute Gasteiger partial charge is 0.328 e. The maximum absolute atomic E-state index is 10.7. The monoisotopic (exact) mass is 301 g/mol. The number of carboxylic acids is 1. The van der Waals surface area contributed by atoms with Crippen molar-refractivity contribution in [2.75, 3.05) is 0 Å². The number of thiazole rings is 1. The number of fused-ring (bicyclic) bond motifs is 1. The lowest BCUT2D eigenvalue weighted by Gasteiger charge is -2.05. The van der Waals surface area contributed by atoms with Gasteiger partial charge in [-0.1, -0.05) is 0 Å². The lowest BCUT2D eigenvalue weighted by molar-refractivity contribution is -0.131. The summed E-state index contributed by atoms with van der Waals surface area (Å²) in [5.41, 5.74) is 1.32. The Morgan fingerprint density at radius 2 is 2.38 bits per heavy atom. The molecule has 3 rings (SSSR count). The zero-order valence-corrected chi connectivity index (χ0v) is 11.9. The number of hydrogen-bond acceptors (Lipinski definition) is 5. The summed E-state index contributed by atoms with van der Waals surface area (Å²) in [6.07, 6.45) is 6.02. The summed E-state index contributed by atoms with van der Waals surface area (Å²) < 4.78 is 7.57. The van der Waals surface area contributed by atoms with Gasteiger partial charge in [0.1, 0.15) is 5.69 Å². The Morgan fingerprint density at radius 3 is 3.14 bits per heavy atom. The molecular weight excluding hydrogens is 290 g/mol. The summed E-state index contributed by atoms with van der Waals surface area (Å²) in [6, 6.07) is 3.56. The van der Waals surface area contributed by atoms with E-state index in [1.807, 2.05) is 18.5 Å². The highest BCUT2D eigenvalue weighted by atomic mass is 32.1. The van der Waals surface area contributed by atoms with Crippen LogP contribution >= 0.6 is 11.3 Å².